The molecule has 0 saturated carbocycles. The van der Waals surface area contributed by atoms with Crippen LogP contribution in [0.2, 0.25) is 0 Å². The predicted molar refractivity (Wildman–Crippen MR) is 57.8 cm³/mol. The molecule has 3 N–H and O–H groups in total. The Hall–Kier alpha value is -0.610. The highest BCUT2D eigenvalue weighted by Gasteiger charge is 2.07. The number of rotatable bonds is 4. The number of halogens is 2. The molecule has 1 aromatic carbocycles. The number of hydrogen-bond acceptors (Lipinski definition) is 2. The van der Waals surface area contributed by atoms with Crippen molar-refractivity contribution >= 4 is 15.9 Å². The number of nitrogens with two attached hydrogens (primary N) is 1. The first kappa shape index (κ1) is 11.5. The van der Waals surface area contributed by atoms with Gasteiger partial charge in [0, 0.05) is 0 Å². The molecule has 0 aliphatic heterocycles. The zero-order chi connectivity index (χ0) is 10.6. The molecular formula is C10H13BrFNO. The van der Waals surface area contributed by atoms with Gasteiger partial charge in [-0.1, -0.05) is 0 Å². The molecule has 0 aromatic heterocycles. The van der Waals surface area contributed by atoms with Crippen molar-refractivity contribution in [3.63, 3.8) is 0 Å². The molecule has 0 unspecified atom stereocenters. The van der Waals surface area contributed by atoms with Crippen molar-refractivity contribution in [2.24, 2.45) is 5.73 Å². The Morgan fingerprint density at radius 1 is 1.36 bits per heavy atom. The lowest BCUT2D eigenvalue weighted by Crippen LogP contribution is -1.99. The molecule has 14 heavy (non-hydrogen) atoms. The molecule has 0 radical (unpaired) electrons. The first-order chi connectivity index (χ1) is 6.65. The molecule has 0 bridgehead atoms. The summed E-state index contributed by atoms with van der Waals surface area (Å²) in [5, 5.41) is 9.58. The van der Waals surface area contributed by atoms with Crippen molar-refractivity contribution in [1.29, 1.82) is 0 Å². The fourth-order valence-electron chi connectivity index (χ4n) is 1.27. The van der Waals surface area contributed by atoms with E-state index in [9.17, 15) is 9.50 Å². The fourth-order valence-corrected chi connectivity index (χ4v) is 1.74. The number of hydrogen-bond donors (Lipinski definition) is 2. The lowest BCUT2D eigenvalue weighted by molar-refractivity contribution is 0.460. The molecule has 1 rings (SSSR count). The van der Waals surface area contributed by atoms with Gasteiger partial charge in [-0.05, 0) is 59.4 Å². The number of unbranched alkanes of at least 4 members (excludes halogenated alkanes) is 1. The highest BCUT2D eigenvalue weighted by molar-refractivity contribution is 9.10. The monoisotopic (exact) mass is 261 g/mol. The topological polar surface area (TPSA) is 46.2 Å². The van der Waals surface area contributed by atoms with Crippen LogP contribution >= 0.6 is 15.9 Å². The van der Waals surface area contributed by atoms with E-state index in [-0.39, 0.29) is 11.6 Å². The highest BCUT2D eigenvalue weighted by atomic mass is 79.9. The summed E-state index contributed by atoms with van der Waals surface area (Å²) in [5.74, 6) is -0.208. The lowest BCUT2D eigenvalue weighted by atomic mass is 10.1. The van der Waals surface area contributed by atoms with Crippen molar-refractivity contribution in [3.8, 4) is 5.75 Å². The second kappa shape index (κ2) is 5.32. The van der Waals surface area contributed by atoms with E-state index in [2.05, 4.69) is 15.9 Å². The van der Waals surface area contributed by atoms with Crippen LogP contribution in [0.3, 0.4) is 0 Å². The number of phenols is 1. The van der Waals surface area contributed by atoms with E-state index in [1.807, 2.05) is 0 Å². The Bertz CT molecular complexity index is 317. The minimum absolute atomic E-state index is 0.128. The fraction of sp³-hybridized carbons (Fsp3) is 0.400. The summed E-state index contributed by atoms with van der Waals surface area (Å²) < 4.78 is 13.4. The van der Waals surface area contributed by atoms with Gasteiger partial charge in [0.15, 0.2) is 0 Å². The summed E-state index contributed by atoms with van der Waals surface area (Å²) in [7, 11) is 0. The van der Waals surface area contributed by atoms with Crippen molar-refractivity contribution in [2.75, 3.05) is 6.54 Å². The number of aromatic hydroxyl groups is 1. The normalized spacial score (nSPS) is 10.5. The summed E-state index contributed by atoms with van der Waals surface area (Å²) in [4.78, 5) is 0. The maximum absolute atomic E-state index is 13.0. The molecule has 0 fully saturated rings. The van der Waals surface area contributed by atoms with Crippen LogP contribution in [0.25, 0.3) is 0 Å². The van der Waals surface area contributed by atoms with Gasteiger partial charge in [0.05, 0.1) is 4.47 Å². The van der Waals surface area contributed by atoms with Crippen molar-refractivity contribution < 1.29 is 9.50 Å². The molecule has 0 aliphatic carbocycles. The Morgan fingerprint density at radius 3 is 2.71 bits per heavy atom. The average Bonchev–Trinajstić information content (AvgIpc) is 2.13. The molecule has 0 spiro atoms. The quantitative estimate of drug-likeness (QED) is 0.819. The van der Waals surface area contributed by atoms with Crippen molar-refractivity contribution in [2.45, 2.75) is 19.3 Å². The predicted octanol–water partition coefficient (Wildman–Crippen LogP) is 2.58. The van der Waals surface area contributed by atoms with Crippen molar-refractivity contribution in [3.05, 3.63) is 28.0 Å². The van der Waals surface area contributed by atoms with Crippen LogP contribution in [0, 0.1) is 5.82 Å². The van der Waals surface area contributed by atoms with Crippen LogP contribution in [0.4, 0.5) is 4.39 Å². The van der Waals surface area contributed by atoms with E-state index in [1.165, 1.54) is 12.1 Å². The third-order valence-corrected chi connectivity index (χ3v) is 2.61. The number of aryl methyl sites for hydroxylation is 1. The van der Waals surface area contributed by atoms with E-state index < -0.39 is 0 Å². The maximum atomic E-state index is 13.0. The third-order valence-electron chi connectivity index (χ3n) is 2.01. The van der Waals surface area contributed by atoms with Gasteiger partial charge >= 0.3 is 0 Å². The second-order valence-electron chi connectivity index (χ2n) is 3.14. The molecule has 0 heterocycles. The summed E-state index contributed by atoms with van der Waals surface area (Å²) in [6, 6.07) is 2.61. The van der Waals surface area contributed by atoms with Gasteiger partial charge in [0.25, 0.3) is 0 Å². The van der Waals surface area contributed by atoms with E-state index >= 15 is 0 Å². The van der Waals surface area contributed by atoms with Gasteiger partial charge in [-0.25, -0.2) is 4.39 Å². The minimum Gasteiger partial charge on any atom is -0.506 e. The lowest BCUT2D eigenvalue weighted by Gasteiger charge is -2.06. The molecule has 0 atom stereocenters. The van der Waals surface area contributed by atoms with Gasteiger partial charge in [0.2, 0.25) is 0 Å². The molecule has 0 amide bonds. The average molecular weight is 262 g/mol. The van der Waals surface area contributed by atoms with Crippen LogP contribution < -0.4 is 5.73 Å². The van der Waals surface area contributed by atoms with E-state index in [0.29, 0.717) is 23.0 Å². The first-order valence-electron chi connectivity index (χ1n) is 4.52. The zero-order valence-corrected chi connectivity index (χ0v) is 9.35. The number of benzene rings is 1. The molecule has 78 valence electrons. The summed E-state index contributed by atoms with van der Waals surface area (Å²) in [5.41, 5.74) is 5.97. The third kappa shape index (κ3) is 2.96. The van der Waals surface area contributed by atoms with Crippen LogP contribution in [-0.2, 0) is 6.42 Å². The Morgan fingerprint density at radius 2 is 2.07 bits per heavy atom. The van der Waals surface area contributed by atoms with E-state index in [4.69, 9.17) is 5.73 Å². The van der Waals surface area contributed by atoms with E-state index in [0.717, 1.165) is 12.8 Å². The second-order valence-corrected chi connectivity index (χ2v) is 4.00. The van der Waals surface area contributed by atoms with E-state index in [1.54, 1.807) is 0 Å². The zero-order valence-electron chi connectivity index (χ0n) is 7.76. The molecule has 0 saturated heterocycles. The maximum Gasteiger partial charge on any atom is 0.133 e. The summed E-state index contributed by atoms with van der Waals surface area (Å²) in [6.07, 6.45) is 2.40. The SMILES string of the molecule is NCCCCc1cc(F)cc(Br)c1O. The minimum atomic E-state index is -0.336. The van der Waals surface area contributed by atoms with Gasteiger partial charge in [-0.3, -0.25) is 0 Å². The summed E-state index contributed by atoms with van der Waals surface area (Å²) in [6.45, 7) is 0.622. The molecule has 2 nitrogen and oxygen atoms in total. The molecular weight excluding hydrogens is 249 g/mol. The smallest absolute Gasteiger partial charge is 0.133 e. The largest absolute Gasteiger partial charge is 0.506 e. The standard InChI is InChI=1S/C10H13BrFNO/c11-9-6-8(12)5-7(10(9)14)3-1-2-4-13/h5-6,14H,1-4,13H2. The first-order valence-corrected chi connectivity index (χ1v) is 5.31. The molecule has 4 heteroatoms. The van der Waals surface area contributed by atoms with Crippen molar-refractivity contribution in [1.82, 2.24) is 0 Å². The Kier molecular flexibility index (Phi) is 4.35. The van der Waals surface area contributed by atoms with Gasteiger partial charge in [0.1, 0.15) is 11.6 Å². The van der Waals surface area contributed by atoms with Gasteiger partial charge in [-0.15, -0.1) is 0 Å². The number of phenolic OH excluding ortho intramolecular Hbond substituents is 1. The highest BCUT2D eigenvalue weighted by Crippen LogP contribution is 2.29. The Balaban J connectivity index is 2.75. The van der Waals surface area contributed by atoms with Crippen LogP contribution in [-0.4, -0.2) is 11.7 Å². The van der Waals surface area contributed by atoms with Crippen LogP contribution in [0.15, 0.2) is 16.6 Å². The van der Waals surface area contributed by atoms with Crippen LogP contribution in [0.5, 0.6) is 5.75 Å². The summed E-state index contributed by atoms with van der Waals surface area (Å²) >= 11 is 3.09. The van der Waals surface area contributed by atoms with Gasteiger partial charge < -0.3 is 10.8 Å². The van der Waals surface area contributed by atoms with Gasteiger partial charge in [-0.2, -0.15) is 0 Å². The molecule has 0 aliphatic rings. The molecule has 1 aromatic rings. The Labute approximate surface area is 91.1 Å². The van der Waals surface area contributed by atoms with Crippen LogP contribution in [0.1, 0.15) is 18.4 Å².